The molecular formula is C19H32N4O. The SMILES string of the molecule is CCNC(=NCCOCC)NC(C)c1cccc(N2CCCC2)c1. The first kappa shape index (κ1) is 18.6. The predicted molar refractivity (Wildman–Crippen MR) is 102 cm³/mol. The van der Waals surface area contributed by atoms with E-state index in [1.807, 2.05) is 6.92 Å². The average molecular weight is 332 g/mol. The Kier molecular flexibility index (Phi) is 7.89. The molecule has 5 heteroatoms. The zero-order valence-corrected chi connectivity index (χ0v) is 15.3. The molecule has 1 heterocycles. The Morgan fingerprint density at radius 2 is 2.08 bits per heavy atom. The quantitative estimate of drug-likeness (QED) is 0.436. The fourth-order valence-corrected chi connectivity index (χ4v) is 2.94. The predicted octanol–water partition coefficient (Wildman–Crippen LogP) is 2.94. The van der Waals surface area contributed by atoms with Gasteiger partial charge < -0.3 is 20.3 Å². The fourth-order valence-electron chi connectivity index (χ4n) is 2.94. The summed E-state index contributed by atoms with van der Waals surface area (Å²) in [4.78, 5) is 7.05. The molecule has 2 N–H and O–H groups in total. The van der Waals surface area contributed by atoms with Crippen LogP contribution >= 0.6 is 0 Å². The Morgan fingerprint density at radius 3 is 2.79 bits per heavy atom. The van der Waals surface area contributed by atoms with Crippen molar-refractivity contribution in [3.8, 4) is 0 Å². The van der Waals surface area contributed by atoms with Crippen LogP contribution in [0.3, 0.4) is 0 Å². The van der Waals surface area contributed by atoms with E-state index < -0.39 is 0 Å². The summed E-state index contributed by atoms with van der Waals surface area (Å²) in [6.45, 7) is 11.5. The van der Waals surface area contributed by atoms with Crippen molar-refractivity contribution in [3.63, 3.8) is 0 Å². The van der Waals surface area contributed by atoms with Gasteiger partial charge in [0.05, 0.1) is 19.2 Å². The van der Waals surface area contributed by atoms with Crippen molar-refractivity contribution >= 4 is 11.6 Å². The van der Waals surface area contributed by atoms with Gasteiger partial charge in [-0.25, -0.2) is 0 Å². The van der Waals surface area contributed by atoms with Crippen molar-refractivity contribution in [2.75, 3.05) is 44.3 Å². The highest BCUT2D eigenvalue weighted by Crippen LogP contribution is 2.23. The Bertz CT molecular complexity index is 512. The molecule has 1 saturated heterocycles. The molecule has 2 rings (SSSR count). The van der Waals surface area contributed by atoms with Crippen LogP contribution in [0.1, 0.15) is 45.2 Å². The zero-order chi connectivity index (χ0) is 17.2. The van der Waals surface area contributed by atoms with Gasteiger partial charge in [-0.15, -0.1) is 0 Å². The third-order valence-electron chi connectivity index (χ3n) is 4.25. The molecular weight excluding hydrogens is 300 g/mol. The lowest BCUT2D eigenvalue weighted by Gasteiger charge is -2.22. The van der Waals surface area contributed by atoms with Crippen LogP contribution < -0.4 is 15.5 Å². The van der Waals surface area contributed by atoms with Crippen molar-refractivity contribution in [2.24, 2.45) is 4.99 Å². The van der Waals surface area contributed by atoms with E-state index in [2.05, 4.69) is 58.6 Å². The number of nitrogens with zero attached hydrogens (tertiary/aromatic N) is 2. The second-order valence-electron chi connectivity index (χ2n) is 6.11. The molecule has 1 atom stereocenters. The number of guanidine groups is 1. The Morgan fingerprint density at radius 1 is 1.29 bits per heavy atom. The van der Waals surface area contributed by atoms with Crippen molar-refractivity contribution in [3.05, 3.63) is 29.8 Å². The largest absolute Gasteiger partial charge is 0.380 e. The first-order valence-corrected chi connectivity index (χ1v) is 9.22. The smallest absolute Gasteiger partial charge is 0.191 e. The molecule has 0 saturated carbocycles. The van der Waals surface area contributed by atoms with Crippen LogP contribution in [0.15, 0.2) is 29.3 Å². The lowest BCUT2D eigenvalue weighted by atomic mass is 10.1. The topological polar surface area (TPSA) is 48.9 Å². The highest BCUT2D eigenvalue weighted by molar-refractivity contribution is 5.80. The molecule has 1 fully saturated rings. The summed E-state index contributed by atoms with van der Waals surface area (Å²) in [5.41, 5.74) is 2.62. The molecule has 5 nitrogen and oxygen atoms in total. The summed E-state index contributed by atoms with van der Waals surface area (Å²) >= 11 is 0. The van der Waals surface area contributed by atoms with Gasteiger partial charge >= 0.3 is 0 Å². The molecule has 0 amide bonds. The van der Waals surface area contributed by atoms with E-state index in [9.17, 15) is 0 Å². The van der Waals surface area contributed by atoms with Crippen molar-refractivity contribution in [1.82, 2.24) is 10.6 Å². The van der Waals surface area contributed by atoms with Gasteiger partial charge in [0.1, 0.15) is 0 Å². The molecule has 0 aliphatic carbocycles. The molecule has 1 aliphatic heterocycles. The van der Waals surface area contributed by atoms with Gasteiger partial charge in [-0.2, -0.15) is 0 Å². The Labute approximate surface area is 146 Å². The van der Waals surface area contributed by atoms with Gasteiger partial charge in [0, 0.05) is 31.9 Å². The standard InChI is InChI=1S/C19H32N4O/c1-4-20-19(21-11-14-24-5-2)22-16(3)17-9-8-10-18(15-17)23-12-6-7-13-23/h8-10,15-16H,4-7,11-14H2,1-3H3,(H2,20,21,22). The summed E-state index contributed by atoms with van der Waals surface area (Å²) in [7, 11) is 0. The number of hydrogen-bond acceptors (Lipinski definition) is 3. The van der Waals surface area contributed by atoms with E-state index in [1.54, 1.807) is 0 Å². The number of anilines is 1. The number of aliphatic imine (C=N–C) groups is 1. The van der Waals surface area contributed by atoms with Crippen LogP contribution in [0.5, 0.6) is 0 Å². The summed E-state index contributed by atoms with van der Waals surface area (Å²) in [6.07, 6.45) is 2.60. The van der Waals surface area contributed by atoms with E-state index in [-0.39, 0.29) is 6.04 Å². The number of hydrogen-bond donors (Lipinski definition) is 2. The minimum atomic E-state index is 0.206. The van der Waals surface area contributed by atoms with E-state index in [4.69, 9.17) is 4.74 Å². The maximum atomic E-state index is 5.36. The van der Waals surface area contributed by atoms with E-state index in [0.717, 1.165) is 19.1 Å². The normalized spacial score (nSPS) is 16.3. The van der Waals surface area contributed by atoms with Gasteiger partial charge in [-0.3, -0.25) is 4.99 Å². The minimum absolute atomic E-state index is 0.206. The van der Waals surface area contributed by atoms with Crippen molar-refractivity contribution < 1.29 is 4.74 Å². The van der Waals surface area contributed by atoms with Gasteiger partial charge in [-0.05, 0) is 51.3 Å². The Hall–Kier alpha value is -1.75. The van der Waals surface area contributed by atoms with E-state index in [0.29, 0.717) is 13.2 Å². The average Bonchev–Trinajstić information content (AvgIpc) is 3.13. The molecule has 1 aliphatic rings. The molecule has 1 aromatic carbocycles. The Balaban J connectivity index is 1.97. The lowest BCUT2D eigenvalue weighted by Crippen LogP contribution is -2.39. The van der Waals surface area contributed by atoms with Crippen LogP contribution in [-0.2, 0) is 4.74 Å². The molecule has 0 spiro atoms. The second kappa shape index (κ2) is 10.2. The van der Waals surface area contributed by atoms with Gasteiger partial charge in [0.2, 0.25) is 0 Å². The van der Waals surface area contributed by atoms with E-state index in [1.165, 1.54) is 37.2 Å². The van der Waals surface area contributed by atoms with Gasteiger partial charge in [0.15, 0.2) is 5.96 Å². The molecule has 0 bridgehead atoms. The van der Waals surface area contributed by atoms with Crippen LogP contribution in [0.4, 0.5) is 5.69 Å². The third-order valence-corrected chi connectivity index (χ3v) is 4.25. The van der Waals surface area contributed by atoms with Crippen LogP contribution in [0.2, 0.25) is 0 Å². The number of benzene rings is 1. The third kappa shape index (κ3) is 5.71. The molecule has 0 radical (unpaired) electrons. The molecule has 24 heavy (non-hydrogen) atoms. The van der Waals surface area contributed by atoms with Crippen molar-refractivity contribution in [1.29, 1.82) is 0 Å². The van der Waals surface area contributed by atoms with Gasteiger partial charge in [0.25, 0.3) is 0 Å². The first-order chi connectivity index (χ1) is 11.7. The molecule has 1 aromatic rings. The van der Waals surface area contributed by atoms with Crippen LogP contribution in [0.25, 0.3) is 0 Å². The van der Waals surface area contributed by atoms with Crippen LogP contribution in [0, 0.1) is 0 Å². The maximum absolute atomic E-state index is 5.36. The summed E-state index contributed by atoms with van der Waals surface area (Å²) in [5, 5.41) is 6.80. The highest BCUT2D eigenvalue weighted by atomic mass is 16.5. The summed E-state index contributed by atoms with van der Waals surface area (Å²) < 4.78 is 5.36. The molecule has 1 unspecified atom stereocenters. The fraction of sp³-hybridized carbons (Fsp3) is 0.632. The summed E-state index contributed by atoms with van der Waals surface area (Å²) in [6, 6.07) is 9.05. The number of ether oxygens (including phenoxy) is 1. The molecule has 134 valence electrons. The lowest BCUT2D eigenvalue weighted by molar-refractivity contribution is 0.155. The second-order valence-corrected chi connectivity index (χ2v) is 6.11. The number of rotatable bonds is 8. The first-order valence-electron chi connectivity index (χ1n) is 9.22. The summed E-state index contributed by atoms with van der Waals surface area (Å²) in [5.74, 6) is 0.844. The maximum Gasteiger partial charge on any atom is 0.191 e. The molecule has 0 aromatic heterocycles. The van der Waals surface area contributed by atoms with E-state index >= 15 is 0 Å². The number of nitrogens with one attached hydrogen (secondary N) is 2. The van der Waals surface area contributed by atoms with Crippen LogP contribution in [-0.4, -0.2) is 45.4 Å². The monoisotopic (exact) mass is 332 g/mol. The van der Waals surface area contributed by atoms with Crippen molar-refractivity contribution in [2.45, 2.75) is 39.7 Å². The zero-order valence-electron chi connectivity index (χ0n) is 15.3. The highest BCUT2D eigenvalue weighted by Gasteiger charge is 2.14. The minimum Gasteiger partial charge on any atom is -0.380 e. The van der Waals surface area contributed by atoms with Gasteiger partial charge in [-0.1, -0.05) is 12.1 Å².